The van der Waals surface area contributed by atoms with Gasteiger partial charge in [-0.05, 0) is 26.1 Å². The summed E-state index contributed by atoms with van der Waals surface area (Å²) in [4.78, 5) is 2.15. The average Bonchev–Trinajstić information content (AvgIpc) is 2.83. The molecule has 0 aliphatic rings. The highest BCUT2D eigenvalue weighted by atomic mass is 35.5. The molecule has 92 valence electrons. The fourth-order valence-electron chi connectivity index (χ4n) is 1.85. The second kappa shape index (κ2) is 4.94. The van der Waals surface area contributed by atoms with Gasteiger partial charge in [-0.15, -0.1) is 0 Å². The third-order valence-electron chi connectivity index (χ3n) is 2.70. The summed E-state index contributed by atoms with van der Waals surface area (Å²) in [5, 5.41) is 5.00. The van der Waals surface area contributed by atoms with E-state index in [2.05, 4.69) is 10.00 Å². The molecule has 2 rings (SSSR count). The first-order chi connectivity index (χ1) is 8.08. The van der Waals surface area contributed by atoms with E-state index in [9.17, 15) is 0 Å². The molecule has 2 aromatic rings. The fourth-order valence-corrected chi connectivity index (χ4v) is 2.08. The summed E-state index contributed by atoms with van der Waals surface area (Å²) >= 11 is 6.19. The molecule has 0 fully saturated rings. The SMILES string of the molecule is Cc1nn(C)c(Cl)c1CN(C)Cc1ccco1. The third-order valence-corrected chi connectivity index (χ3v) is 3.18. The van der Waals surface area contributed by atoms with Gasteiger partial charge in [-0.25, -0.2) is 0 Å². The Labute approximate surface area is 106 Å². The van der Waals surface area contributed by atoms with Gasteiger partial charge in [0, 0.05) is 19.2 Å². The van der Waals surface area contributed by atoms with Crippen LogP contribution in [0.5, 0.6) is 0 Å². The van der Waals surface area contributed by atoms with Gasteiger partial charge in [-0.3, -0.25) is 9.58 Å². The van der Waals surface area contributed by atoms with E-state index in [1.54, 1.807) is 10.9 Å². The molecule has 5 heteroatoms. The Kier molecular flexibility index (Phi) is 3.54. The average molecular weight is 254 g/mol. The third kappa shape index (κ3) is 2.70. The predicted molar refractivity (Wildman–Crippen MR) is 66.8 cm³/mol. The van der Waals surface area contributed by atoms with Crippen molar-refractivity contribution >= 4 is 11.6 Å². The number of nitrogens with zero attached hydrogens (tertiary/aromatic N) is 3. The molecule has 0 spiro atoms. The summed E-state index contributed by atoms with van der Waals surface area (Å²) in [6.07, 6.45) is 1.69. The Morgan fingerprint density at radius 1 is 1.47 bits per heavy atom. The van der Waals surface area contributed by atoms with Crippen LogP contribution in [0.3, 0.4) is 0 Å². The van der Waals surface area contributed by atoms with Crippen molar-refractivity contribution in [1.29, 1.82) is 0 Å². The molecule has 2 aromatic heterocycles. The quantitative estimate of drug-likeness (QED) is 0.840. The van der Waals surface area contributed by atoms with Crippen molar-refractivity contribution in [1.82, 2.24) is 14.7 Å². The van der Waals surface area contributed by atoms with E-state index in [1.165, 1.54) is 0 Å². The lowest BCUT2D eigenvalue weighted by Gasteiger charge is -2.14. The lowest BCUT2D eigenvalue weighted by Crippen LogP contribution is -2.17. The normalized spacial score (nSPS) is 11.4. The lowest BCUT2D eigenvalue weighted by atomic mass is 10.2. The van der Waals surface area contributed by atoms with Gasteiger partial charge in [0.15, 0.2) is 0 Å². The number of halogens is 1. The molecule has 0 amide bonds. The minimum atomic E-state index is 0.703. The molecule has 0 N–H and O–H groups in total. The molecule has 0 aromatic carbocycles. The van der Waals surface area contributed by atoms with Gasteiger partial charge in [-0.1, -0.05) is 11.6 Å². The first-order valence-electron chi connectivity index (χ1n) is 5.47. The van der Waals surface area contributed by atoms with Crippen LogP contribution in [0, 0.1) is 6.92 Å². The van der Waals surface area contributed by atoms with E-state index < -0.39 is 0 Å². The second-order valence-electron chi connectivity index (χ2n) is 4.23. The smallest absolute Gasteiger partial charge is 0.131 e. The summed E-state index contributed by atoms with van der Waals surface area (Å²) < 4.78 is 7.01. The van der Waals surface area contributed by atoms with Crippen molar-refractivity contribution in [3.63, 3.8) is 0 Å². The van der Waals surface area contributed by atoms with Crippen molar-refractivity contribution in [3.8, 4) is 0 Å². The van der Waals surface area contributed by atoms with Gasteiger partial charge in [0.1, 0.15) is 10.9 Å². The summed E-state index contributed by atoms with van der Waals surface area (Å²) in [6, 6.07) is 3.86. The van der Waals surface area contributed by atoms with E-state index in [0.29, 0.717) is 5.15 Å². The highest BCUT2D eigenvalue weighted by molar-refractivity contribution is 6.30. The monoisotopic (exact) mass is 253 g/mol. The highest BCUT2D eigenvalue weighted by Gasteiger charge is 2.13. The van der Waals surface area contributed by atoms with E-state index in [-0.39, 0.29) is 0 Å². The molecule has 4 nitrogen and oxygen atoms in total. The van der Waals surface area contributed by atoms with Gasteiger partial charge in [-0.2, -0.15) is 5.10 Å². The first kappa shape index (κ1) is 12.2. The Bertz CT molecular complexity index is 490. The lowest BCUT2D eigenvalue weighted by molar-refractivity contribution is 0.287. The Morgan fingerprint density at radius 2 is 2.24 bits per heavy atom. The Morgan fingerprint density at radius 3 is 2.76 bits per heavy atom. The molecule has 2 heterocycles. The molecule has 17 heavy (non-hydrogen) atoms. The van der Waals surface area contributed by atoms with E-state index in [4.69, 9.17) is 16.0 Å². The fraction of sp³-hybridized carbons (Fsp3) is 0.417. The molecule has 0 unspecified atom stereocenters. The van der Waals surface area contributed by atoms with Crippen LogP contribution in [0.15, 0.2) is 22.8 Å². The highest BCUT2D eigenvalue weighted by Crippen LogP contribution is 2.20. The largest absolute Gasteiger partial charge is 0.468 e. The summed E-state index contributed by atoms with van der Waals surface area (Å²) in [5.74, 6) is 0.949. The van der Waals surface area contributed by atoms with Gasteiger partial charge in [0.2, 0.25) is 0 Å². The minimum Gasteiger partial charge on any atom is -0.468 e. The molecule has 0 aliphatic carbocycles. The zero-order valence-electron chi connectivity index (χ0n) is 10.3. The number of hydrogen-bond acceptors (Lipinski definition) is 3. The van der Waals surface area contributed by atoms with E-state index in [1.807, 2.05) is 33.2 Å². The number of aromatic nitrogens is 2. The molecule has 0 saturated carbocycles. The van der Waals surface area contributed by atoms with Crippen LogP contribution in [0.1, 0.15) is 17.0 Å². The molecule has 0 radical (unpaired) electrons. The zero-order chi connectivity index (χ0) is 12.4. The van der Waals surface area contributed by atoms with Gasteiger partial charge in [0.05, 0.1) is 18.5 Å². The van der Waals surface area contributed by atoms with Crippen molar-refractivity contribution in [2.45, 2.75) is 20.0 Å². The van der Waals surface area contributed by atoms with Crippen LogP contribution in [0.4, 0.5) is 0 Å². The Balaban J connectivity index is 2.05. The van der Waals surface area contributed by atoms with Crippen molar-refractivity contribution in [2.75, 3.05) is 7.05 Å². The molecule has 0 saturated heterocycles. The van der Waals surface area contributed by atoms with Gasteiger partial charge < -0.3 is 4.42 Å². The van der Waals surface area contributed by atoms with Crippen molar-refractivity contribution in [3.05, 3.63) is 40.6 Å². The number of rotatable bonds is 4. The van der Waals surface area contributed by atoms with Crippen molar-refractivity contribution in [2.24, 2.45) is 7.05 Å². The zero-order valence-corrected chi connectivity index (χ0v) is 11.0. The summed E-state index contributed by atoms with van der Waals surface area (Å²) in [7, 11) is 3.89. The molecular weight excluding hydrogens is 238 g/mol. The molecule has 0 aliphatic heterocycles. The van der Waals surface area contributed by atoms with Crippen molar-refractivity contribution < 1.29 is 4.42 Å². The van der Waals surface area contributed by atoms with Crippen LogP contribution < -0.4 is 0 Å². The Hall–Kier alpha value is -1.26. The number of aryl methyl sites for hydroxylation is 2. The van der Waals surface area contributed by atoms with Crippen LogP contribution in [-0.4, -0.2) is 21.7 Å². The molecule has 0 bridgehead atoms. The summed E-state index contributed by atoms with van der Waals surface area (Å²) in [6.45, 7) is 3.50. The standard InChI is InChI=1S/C12H16ClN3O/c1-9-11(12(13)16(3)14-9)8-15(2)7-10-5-4-6-17-10/h4-6H,7-8H2,1-3H3. The predicted octanol–water partition coefficient (Wildman–Crippen LogP) is 2.61. The molecule has 0 atom stereocenters. The van der Waals surface area contributed by atoms with Gasteiger partial charge in [0.25, 0.3) is 0 Å². The number of hydrogen-bond donors (Lipinski definition) is 0. The number of furan rings is 1. The second-order valence-corrected chi connectivity index (χ2v) is 4.59. The maximum Gasteiger partial charge on any atom is 0.131 e. The van der Waals surface area contributed by atoms with Crippen LogP contribution >= 0.6 is 11.6 Å². The van der Waals surface area contributed by atoms with E-state index in [0.717, 1.165) is 30.1 Å². The van der Waals surface area contributed by atoms with Crippen LogP contribution in [-0.2, 0) is 20.1 Å². The topological polar surface area (TPSA) is 34.2 Å². The maximum absolute atomic E-state index is 6.19. The minimum absolute atomic E-state index is 0.703. The summed E-state index contributed by atoms with van der Waals surface area (Å²) in [5.41, 5.74) is 2.05. The first-order valence-corrected chi connectivity index (χ1v) is 5.84. The van der Waals surface area contributed by atoms with Crippen LogP contribution in [0.25, 0.3) is 0 Å². The van der Waals surface area contributed by atoms with Gasteiger partial charge >= 0.3 is 0 Å². The maximum atomic E-state index is 6.19. The molecular formula is C12H16ClN3O. The van der Waals surface area contributed by atoms with E-state index >= 15 is 0 Å². The van der Waals surface area contributed by atoms with Crippen LogP contribution in [0.2, 0.25) is 5.15 Å².